The van der Waals surface area contributed by atoms with Gasteiger partial charge < -0.3 is 4.90 Å². The molecule has 16 heavy (non-hydrogen) atoms. The Morgan fingerprint density at radius 1 is 1.31 bits per heavy atom. The molecule has 0 aliphatic carbocycles. The molecule has 0 saturated carbocycles. The van der Waals surface area contributed by atoms with Gasteiger partial charge in [0.05, 0.1) is 0 Å². The van der Waals surface area contributed by atoms with E-state index in [1.165, 1.54) is 18.4 Å². The van der Waals surface area contributed by atoms with E-state index in [2.05, 4.69) is 35.6 Å². The third kappa shape index (κ3) is 2.34. The molecule has 0 atom stereocenters. The van der Waals surface area contributed by atoms with E-state index in [-0.39, 0.29) is 0 Å². The second-order valence-electron chi connectivity index (χ2n) is 5.03. The molecule has 1 fully saturated rings. The van der Waals surface area contributed by atoms with Crippen LogP contribution in [0.3, 0.4) is 0 Å². The van der Waals surface area contributed by atoms with E-state index in [0.29, 0.717) is 5.92 Å². The summed E-state index contributed by atoms with van der Waals surface area (Å²) in [6.07, 6.45) is 6.53. The number of anilines is 1. The van der Waals surface area contributed by atoms with Gasteiger partial charge in [0.15, 0.2) is 0 Å². The monoisotopic (exact) mass is 219 g/mol. The van der Waals surface area contributed by atoms with Crippen LogP contribution in [-0.2, 0) is 0 Å². The fourth-order valence-electron chi connectivity index (χ4n) is 2.12. The Bertz CT molecular complexity index is 326. The van der Waals surface area contributed by atoms with Gasteiger partial charge in [-0.25, -0.2) is 9.97 Å². The molecule has 2 heterocycles. The van der Waals surface area contributed by atoms with E-state index < -0.39 is 0 Å². The Balaban J connectivity index is 1.92. The van der Waals surface area contributed by atoms with E-state index in [4.69, 9.17) is 0 Å². The van der Waals surface area contributed by atoms with Crippen LogP contribution < -0.4 is 4.90 Å². The normalized spacial score (nSPS) is 16.6. The van der Waals surface area contributed by atoms with Crippen LogP contribution in [0.25, 0.3) is 0 Å². The Labute approximate surface area is 97.9 Å². The Kier molecular flexibility index (Phi) is 3.42. The number of aromatic nitrogens is 2. The van der Waals surface area contributed by atoms with Crippen LogP contribution in [0.2, 0.25) is 0 Å². The first-order chi connectivity index (χ1) is 7.70. The molecule has 0 bridgehead atoms. The van der Waals surface area contributed by atoms with Gasteiger partial charge in [0, 0.05) is 25.5 Å². The molecule has 0 spiro atoms. The second kappa shape index (κ2) is 4.81. The predicted octanol–water partition coefficient (Wildman–Crippen LogP) is 2.84. The van der Waals surface area contributed by atoms with Crippen LogP contribution in [0.1, 0.15) is 45.1 Å². The lowest BCUT2D eigenvalue weighted by atomic mass is 9.95. The summed E-state index contributed by atoms with van der Waals surface area (Å²) in [5.74, 6) is 2.27. The third-order valence-electron chi connectivity index (χ3n) is 3.26. The van der Waals surface area contributed by atoms with Gasteiger partial charge in [-0.1, -0.05) is 27.2 Å². The van der Waals surface area contributed by atoms with Gasteiger partial charge in [0.25, 0.3) is 0 Å². The molecular weight excluding hydrogens is 198 g/mol. The third-order valence-corrected chi connectivity index (χ3v) is 3.26. The molecule has 0 amide bonds. The first-order valence-electron chi connectivity index (χ1n) is 6.27. The minimum absolute atomic E-state index is 0.512. The van der Waals surface area contributed by atoms with Gasteiger partial charge in [0.2, 0.25) is 5.95 Å². The van der Waals surface area contributed by atoms with Crippen molar-refractivity contribution in [1.29, 1.82) is 0 Å². The fourth-order valence-corrected chi connectivity index (χ4v) is 2.12. The van der Waals surface area contributed by atoms with E-state index in [0.717, 1.165) is 25.0 Å². The zero-order valence-corrected chi connectivity index (χ0v) is 10.5. The maximum Gasteiger partial charge on any atom is 0.225 e. The maximum atomic E-state index is 4.43. The summed E-state index contributed by atoms with van der Waals surface area (Å²) in [4.78, 5) is 11.1. The summed E-state index contributed by atoms with van der Waals surface area (Å²) in [5.41, 5.74) is 1.22. The average Bonchev–Trinajstić information content (AvgIpc) is 2.23. The summed E-state index contributed by atoms with van der Waals surface area (Å²) < 4.78 is 0. The lowest BCUT2D eigenvalue weighted by molar-refractivity contribution is 0.375. The van der Waals surface area contributed by atoms with E-state index in [1.807, 2.05) is 12.4 Å². The molecule has 1 aromatic heterocycles. The summed E-state index contributed by atoms with van der Waals surface area (Å²) in [6.45, 7) is 8.85. The average molecular weight is 219 g/mol. The van der Waals surface area contributed by atoms with Crippen molar-refractivity contribution in [2.45, 2.75) is 39.5 Å². The maximum absolute atomic E-state index is 4.43. The molecule has 3 nitrogen and oxygen atoms in total. The Hall–Kier alpha value is -1.12. The van der Waals surface area contributed by atoms with Crippen LogP contribution in [0, 0.1) is 5.92 Å². The minimum atomic E-state index is 0.512. The smallest absolute Gasteiger partial charge is 0.225 e. The van der Waals surface area contributed by atoms with E-state index >= 15 is 0 Å². The number of hydrogen-bond donors (Lipinski definition) is 0. The molecule has 1 aliphatic rings. The molecular formula is C13H21N3. The topological polar surface area (TPSA) is 29.0 Å². The standard InChI is InChI=1S/C13H21N3/c1-4-5-11-8-16(9-11)13-14-6-12(7-15-13)10(2)3/h6-7,10-11H,4-5,8-9H2,1-3H3. The van der Waals surface area contributed by atoms with Gasteiger partial charge in [-0.05, 0) is 23.8 Å². The number of rotatable bonds is 4. The Morgan fingerprint density at radius 2 is 1.94 bits per heavy atom. The van der Waals surface area contributed by atoms with Crippen LogP contribution in [-0.4, -0.2) is 23.1 Å². The molecule has 1 aliphatic heterocycles. The summed E-state index contributed by atoms with van der Waals surface area (Å²) in [6, 6.07) is 0. The molecule has 0 unspecified atom stereocenters. The second-order valence-corrected chi connectivity index (χ2v) is 5.03. The van der Waals surface area contributed by atoms with E-state index in [9.17, 15) is 0 Å². The van der Waals surface area contributed by atoms with E-state index in [1.54, 1.807) is 0 Å². The Morgan fingerprint density at radius 3 is 2.44 bits per heavy atom. The zero-order chi connectivity index (χ0) is 11.5. The molecule has 88 valence electrons. The number of nitrogens with zero attached hydrogens (tertiary/aromatic N) is 3. The van der Waals surface area contributed by atoms with Crippen LogP contribution in [0.4, 0.5) is 5.95 Å². The van der Waals surface area contributed by atoms with Crippen molar-refractivity contribution in [2.75, 3.05) is 18.0 Å². The zero-order valence-electron chi connectivity index (χ0n) is 10.5. The van der Waals surface area contributed by atoms with Gasteiger partial charge in [-0.3, -0.25) is 0 Å². The number of hydrogen-bond acceptors (Lipinski definition) is 3. The van der Waals surface area contributed by atoms with Gasteiger partial charge in [-0.15, -0.1) is 0 Å². The first-order valence-corrected chi connectivity index (χ1v) is 6.27. The lowest BCUT2D eigenvalue weighted by Gasteiger charge is -2.39. The lowest BCUT2D eigenvalue weighted by Crippen LogP contribution is -2.47. The fraction of sp³-hybridized carbons (Fsp3) is 0.692. The van der Waals surface area contributed by atoms with Crippen molar-refractivity contribution in [2.24, 2.45) is 5.92 Å². The molecule has 0 radical (unpaired) electrons. The highest BCUT2D eigenvalue weighted by Crippen LogP contribution is 2.24. The van der Waals surface area contributed by atoms with Crippen molar-refractivity contribution in [1.82, 2.24) is 9.97 Å². The highest BCUT2D eigenvalue weighted by Gasteiger charge is 2.27. The first kappa shape index (κ1) is 11.4. The van der Waals surface area contributed by atoms with Crippen molar-refractivity contribution in [3.05, 3.63) is 18.0 Å². The highest BCUT2D eigenvalue weighted by atomic mass is 15.3. The largest absolute Gasteiger partial charge is 0.340 e. The van der Waals surface area contributed by atoms with Crippen molar-refractivity contribution >= 4 is 5.95 Å². The molecule has 1 aromatic rings. The van der Waals surface area contributed by atoms with Gasteiger partial charge >= 0.3 is 0 Å². The van der Waals surface area contributed by atoms with Crippen molar-refractivity contribution < 1.29 is 0 Å². The van der Waals surface area contributed by atoms with Gasteiger partial charge in [0.1, 0.15) is 0 Å². The predicted molar refractivity (Wildman–Crippen MR) is 66.7 cm³/mol. The molecule has 0 N–H and O–H groups in total. The molecule has 0 aromatic carbocycles. The van der Waals surface area contributed by atoms with Crippen LogP contribution >= 0.6 is 0 Å². The molecule has 1 saturated heterocycles. The molecule has 3 heteroatoms. The highest BCUT2D eigenvalue weighted by molar-refractivity contribution is 5.34. The molecule has 2 rings (SSSR count). The summed E-state index contributed by atoms with van der Waals surface area (Å²) in [7, 11) is 0. The SMILES string of the molecule is CCCC1CN(c2ncc(C(C)C)cn2)C1. The van der Waals surface area contributed by atoms with Crippen LogP contribution in [0.15, 0.2) is 12.4 Å². The summed E-state index contributed by atoms with van der Waals surface area (Å²) in [5, 5.41) is 0. The minimum Gasteiger partial charge on any atom is -0.340 e. The van der Waals surface area contributed by atoms with Crippen molar-refractivity contribution in [3.63, 3.8) is 0 Å². The van der Waals surface area contributed by atoms with Gasteiger partial charge in [-0.2, -0.15) is 0 Å². The summed E-state index contributed by atoms with van der Waals surface area (Å²) >= 11 is 0. The van der Waals surface area contributed by atoms with Crippen molar-refractivity contribution in [3.8, 4) is 0 Å². The van der Waals surface area contributed by atoms with Crippen LogP contribution in [0.5, 0.6) is 0 Å². The quantitative estimate of drug-likeness (QED) is 0.779.